The molecule has 0 aromatic heterocycles. The zero-order chi connectivity index (χ0) is 14.0. The van der Waals surface area contributed by atoms with Crippen LogP contribution in [-0.4, -0.2) is 11.0 Å². The molecule has 0 N–H and O–H groups in total. The third kappa shape index (κ3) is 2.36. The van der Waals surface area contributed by atoms with E-state index in [1.165, 1.54) is 18.2 Å². The maximum Gasteiger partial charge on any atom is 0.277 e. The number of rotatable bonds is 4. The molecule has 0 amide bonds. The van der Waals surface area contributed by atoms with Crippen molar-refractivity contribution in [1.29, 1.82) is 0 Å². The van der Waals surface area contributed by atoms with E-state index in [0.717, 1.165) is 12.1 Å². The molecule has 0 fully saturated rings. The van der Waals surface area contributed by atoms with Gasteiger partial charge in [-0.25, -0.2) is 0 Å². The molecule has 0 atom stereocenters. The topological polar surface area (TPSA) is 163 Å². The number of benzene rings is 1. The van der Waals surface area contributed by atoms with Crippen molar-refractivity contribution in [2.45, 2.75) is 4.90 Å². The van der Waals surface area contributed by atoms with Gasteiger partial charge in [0.05, 0.1) is 0 Å². The summed E-state index contributed by atoms with van der Waals surface area (Å²) in [6.45, 7) is 0. The second-order valence-corrected chi connectivity index (χ2v) is 7.09. The fourth-order valence-electron chi connectivity index (χ4n) is 1.45. The van der Waals surface area contributed by atoms with Crippen molar-refractivity contribution in [1.82, 2.24) is 0 Å². The molecule has 0 unspecified atom stereocenters. The fraction of sp³-hybridized carbons (Fsp3) is 0.125. The lowest BCUT2D eigenvalue weighted by molar-refractivity contribution is -0.334. The van der Waals surface area contributed by atoms with Gasteiger partial charge in [-0.3, -0.25) is 0 Å². The average molecular weight is 288 g/mol. The van der Waals surface area contributed by atoms with E-state index in [4.69, 9.17) is 5.53 Å². The highest BCUT2D eigenvalue weighted by Crippen LogP contribution is 2.65. The second-order valence-electron chi connectivity index (χ2n) is 3.33. The fourth-order valence-corrected chi connectivity index (χ4v) is 3.96. The molecule has 1 aromatic rings. The van der Waals surface area contributed by atoms with Gasteiger partial charge in [-0.05, 0) is 20.8 Å². The maximum atomic E-state index is 11.2. The number of hydrogen-bond donors (Lipinski definition) is 0. The van der Waals surface area contributed by atoms with E-state index in [9.17, 15) is 28.7 Å². The predicted octanol–water partition coefficient (Wildman–Crippen LogP) is -2.03. The van der Waals surface area contributed by atoms with Gasteiger partial charge < -0.3 is 34.2 Å². The summed E-state index contributed by atoms with van der Waals surface area (Å²) in [7, 11) is -11.9. The van der Waals surface area contributed by atoms with Gasteiger partial charge in [0, 0.05) is 0 Å². The van der Waals surface area contributed by atoms with Crippen LogP contribution >= 0.6 is 15.2 Å². The Morgan fingerprint density at radius 3 is 1.83 bits per heavy atom. The van der Waals surface area contributed by atoms with Gasteiger partial charge in [-0.2, -0.15) is 4.79 Å². The first kappa shape index (κ1) is 15.0. The monoisotopic (exact) mass is 288 g/mol. The molecule has 8 nitrogen and oxygen atoms in total. The highest BCUT2D eigenvalue weighted by molar-refractivity contribution is 7.70. The lowest BCUT2D eigenvalue weighted by Gasteiger charge is -2.54. The summed E-state index contributed by atoms with van der Waals surface area (Å²) in [4.78, 5) is 43.6. The highest BCUT2D eigenvalue weighted by atomic mass is 31.2. The molecular weight excluding hydrogens is 282 g/mol. The Labute approximate surface area is 102 Å². The minimum Gasteiger partial charge on any atom is -0.809 e. The standard InChI is InChI=1S/C8H10N2O6P2/c9-10-6-8(17(11,12)13,18(14,15)16)7-4-2-1-3-5-7/h1-6H,(H2,11,12,13)(H2,14,15,16)/p-4. The largest absolute Gasteiger partial charge is 0.809 e. The van der Waals surface area contributed by atoms with Crippen molar-refractivity contribution in [3.05, 3.63) is 41.4 Å². The van der Waals surface area contributed by atoms with Crippen LogP contribution in [-0.2, 0) is 14.0 Å². The molecule has 18 heavy (non-hydrogen) atoms. The van der Waals surface area contributed by atoms with Crippen molar-refractivity contribution in [2.75, 3.05) is 0 Å². The van der Waals surface area contributed by atoms with Crippen molar-refractivity contribution in [3.8, 4) is 0 Å². The van der Waals surface area contributed by atoms with Crippen LogP contribution in [0.5, 0.6) is 0 Å². The number of hydrogen-bond acceptors (Lipinski definition) is 6. The summed E-state index contributed by atoms with van der Waals surface area (Å²) >= 11 is 0. The van der Waals surface area contributed by atoms with E-state index in [0.29, 0.717) is 0 Å². The third-order valence-electron chi connectivity index (χ3n) is 2.27. The summed E-state index contributed by atoms with van der Waals surface area (Å²) in [6, 6.07) is 5.83. The van der Waals surface area contributed by atoms with Crippen LogP contribution in [0.3, 0.4) is 0 Å². The van der Waals surface area contributed by atoms with Crippen LogP contribution in [0, 0.1) is 0 Å². The molecule has 0 saturated heterocycles. The first-order valence-electron chi connectivity index (χ1n) is 4.45. The number of nitrogens with zero attached hydrogens (tertiary/aromatic N) is 2. The van der Waals surface area contributed by atoms with E-state index in [-0.39, 0.29) is 6.21 Å². The molecule has 0 aliphatic carbocycles. The van der Waals surface area contributed by atoms with E-state index in [1.807, 2.05) is 0 Å². The quantitative estimate of drug-likeness (QED) is 0.268. The van der Waals surface area contributed by atoms with Crippen LogP contribution < -0.4 is 19.6 Å². The van der Waals surface area contributed by atoms with Gasteiger partial charge in [0.1, 0.15) is 4.90 Å². The molecule has 0 radical (unpaired) electrons. The minimum absolute atomic E-state index is 0.0795. The highest BCUT2D eigenvalue weighted by Gasteiger charge is 2.42. The van der Waals surface area contributed by atoms with Crippen LogP contribution in [0.4, 0.5) is 0 Å². The molecule has 0 heterocycles. The van der Waals surface area contributed by atoms with Crippen molar-refractivity contribution in [3.63, 3.8) is 0 Å². The first-order valence-corrected chi connectivity index (χ1v) is 7.54. The first-order chi connectivity index (χ1) is 8.17. The molecule has 0 aliphatic heterocycles. The SMILES string of the molecule is [N-]=[N+]=CC(c1ccccc1)(P(=O)([O-])[O-])P(=O)([O-])[O-]. The van der Waals surface area contributed by atoms with Crippen LogP contribution in [0.25, 0.3) is 5.53 Å². The Kier molecular flexibility index (Phi) is 4.05. The third-order valence-corrected chi connectivity index (χ3v) is 6.16. The summed E-state index contributed by atoms with van der Waals surface area (Å²) in [5.41, 5.74) is 7.77. The Hall–Kier alpha value is -1.10. The van der Waals surface area contributed by atoms with Crippen LogP contribution in [0.1, 0.15) is 5.56 Å². The second kappa shape index (κ2) is 4.88. The Balaban J connectivity index is 3.78. The molecule has 1 rings (SSSR count). The van der Waals surface area contributed by atoms with Gasteiger partial charge in [0.25, 0.3) is 6.21 Å². The van der Waals surface area contributed by atoms with E-state index in [1.54, 1.807) is 0 Å². The molecule has 10 heteroatoms. The maximum absolute atomic E-state index is 11.2. The summed E-state index contributed by atoms with van der Waals surface area (Å²) in [5, 5.41) is 0. The summed E-state index contributed by atoms with van der Waals surface area (Å²) in [6.07, 6.45) is -0.0795. The van der Waals surface area contributed by atoms with E-state index >= 15 is 0 Å². The normalized spacial score (nSPS) is 12.9. The Bertz CT molecular complexity index is 549. The Morgan fingerprint density at radius 2 is 1.50 bits per heavy atom. The van der Waals surface area contributed by atoms with Crippen molar-refractivity contribution >= 4 is 21.4 Å². The lowest BCUT2D eigenvalue weighted by Crippen LogP contribution is -2.45. The van der Waals surface area contributed by atoms with Crippen molar-refractivity contribution in [2.24, 2.45) is 0 Å². The van der Waals surface area contributed by atoms with E-state index < -0.39 is 25.7 Å². The average Bonchev–Trinajstić information content (AvgIpc) is 2.23. The van der Waals surface area contributed by atoms with Crippen molar-refractivity contribution < 1.29 is 33.5 Å². The summed E-state index contributed by atoms with van der Waals surface area (Å²) in [5.74, 6) is 0. The molecular formula is C8H6N2O6P2-4. The summed E-state index contributed by atoms with van der Waals surface area (Å²) < 4.78 is 22.4. The molecule has 0 saturated carbocycles. The van der Waals surface area contributed by atoms with Gasteiger partial charge in [-0.15, -0.1) is 0 Å². The lowest BCUT2D eigenvalue weighted by atomic mass is 10.1. The van der Waals surface area contributed by atoms with E-state index in [2.05, 4.69) is 4.79 Å². The van der Waals surface area contributed by atoms with Gasteiger partial charge >= 0.3 is 0 Å². The zero-order valence-corrected chi connectivity index (χ0v) is 10.5. The molecule has 0 bridgehead atoms. The predicted molar refractivity (Wildman–Crippen MR) is 53.0 cm³/mol. The molecule has 98 valence electrons. The zero-order valence-electron chi connectivity index (χ0n) is 8.70. The smallest absolute Gasteiger partial charge is 0.277 e. The van der Waals surface area contributed by atoms with Gasteiger partial charge in [0.2, 0.25) is 0 Å². The molecule has 0 aliphatic rings. The van der Waals surface area contributed by atoms with Crippen LogP contribution in [0.2, 0.25) is 0 Å². The minimum atomic E-state index is -5.96. The molecule has 1 aromatic carbocycles. The van der Waals surface area contributed by atoms with Crippen LogP contribution in [0.15, 0.2) is 30.3 Å². The van der Waals surface area contributed by atoms with Gasteiger partial charge in [0.15, 0.2) is 0 Å². The van der Waals surface area contributed by atoms with Gasteiger partial charge in [-0.1, -0.05) is 30.3 Å². The Morgan fingerprint density at radius 1 is 1.06 bits per heavy atom. The molecule has 0 spiro atoms.